The Bertz CT molecular complexity index is 919. The van der Waals surface area contributed by atoms with E-state index in [1.54, 1.807) is 20.8 Å². The highest BCUT2D eigenvalue weighted by Crippen LogP contribution is 2.43. The average molecular weight is 377 g/mol. The first-order valence-electron chi connectivity index (χ1n) is 9.06. The van der Waals surface area contributed by atoms with E-state index in [0.717, 1.165) is 21.9 Å². The second-order valence-electron chi connectivity index (χ2n) is 10.00. The van der Waals surface area contributed by atoms with Crippen molar-refractivity contribution in [2.24, 2.45) is 0 Å². The van der Waals surface area contributed by atoms with Gasteiger partial charge in [0.2, 0.25) is 0 Å². The van der Waals surface area contributed by atoms with Gasteiger partial charge in [-0.25, -0.2) is 0 Å². The Morgan fingerprint density at radius 2 is 1.35 bits per heavy atom. The first-order chi connectivity index (χ1) is 11.5. The Hall–Kier alpha value is -1.39. The maximum Gasteiger partial charge on any atom is 0.298 e. The van der Waals surface area contributed by atoms with Gasteiger partial charge in [0.15, 0.2) is 0 Å². The summed E-state index contributed by atoms with van der Waals surface area (Å²) >= 11 is 0. The van der Waals surface area contributed by atoms with Crippen LogP contribution in [0.1, 0.15) is 73.4 Å². The zero-order valence-electron chi connectivity index (χ0n) is 17.5. The van der Waals surface area contributed by atoms with E-state index >= 15 is 0 Å². The molecule has 0 bridgehead atoms. The van der Waals surface area contributed by atoms with E-state index < -0.39 is 15.7 Å². The maximum absolute atomic E-state index is 13.4. The first-order valence-corrected chi connectivity index (χ1v) is 10.5. The third-order valence-electron chi connectivity index (χ3n) is 4.17. The van der Waals surface area contributed by atoms with Crippen LogP contribution in [0.5, 0.6) is 0 Å². The molecule has 0 N–H and O–H groups in total. The summed E-state index contributed by atoms with van der Waals surface area (Å²) in [5.41, 5.74) is 0.537. The lowest BCUT2D eigenvalue weighted by atomic mass is 9.74. The van der Waals surface area contributed by atoms with E-state index in [4.69, 9.17) is 4.18 Å². The molecule has 0 fully saturated rings. The SMILES string of the molecule is CC(C)(C)OS(=O)(=O)c1c(C(C)(C)C)c(C(C)(C)C)cc2ccccc12. The molecule has 0 aromatic heterocycles. The monoisotopic (exact) mass is 376 g/mol. The molecule has 0 unspecified atom stereocenters. The number of fused-ring (bicyclic) bond motifs is 1. The third-order valence-corrected chi connectivity index (χ3v) is 5.81. The Kier molecular flexibility index (Phi) is 5.11. The lowest BCUT2D eigenvalue weighted by Gasteiger charge is -2.33. The summed E-state index contributed by atoms with van der Waals surface area (Å²) in [5.74, 6) is 0. The minimum Gasteiger partial charge on any atom is -0.261 e. The van der Waals surface area contributed by atoms with Gasteiger partial charge >= 0.3 is 0 Å². The summed E-state index contributed by atoms with van der Waals surface area (Å²) in [6.07, 6.45) is 0. The van der Waals surface area contributed by atoms with Crippen LogP contribution in [-0.2, 0) is 25.1 Å². The second-order valence-corrected chi connectivity index (χ2v) is 11.5. The van der Waals surface area contributed by atoms with Crippen molar-refractivity contribution in [3.8, 4) is 0 Å². The molecule has 2 rings (SSSR count). The molecule has 4 heteroatoms. The van der Waals surface area contributed by atoms with Crippen LogP contribution in [0.2, 0.25) is 0 Å². The number of hydrogen-bond acceptors (Lipinski definition) is 3. The molecule has 0 saturated heterocycles. The average Bonchev–Trinajstić information content (AvgIpc) is 2.40. The van der Waals surface area contributed by atoms with Crippen molar-refractivity contribution in [1.29, 1.82) is 0 Å². The summed E-state index contributed by atoms with van der Waals surface area (Å²) in [5, 5.41) is 1.64. The molecule has 144 valence electrons. The van der Waals surface area contributed by atoms with Gasteiger partial charge in [-0.15, -0.1) is 0 Å². The Morgan fingerprint density at radius 1 is 0.808 bits per heavy atom. The zero-order chi connectivity index (χ0) is 20.1. The summed E-state index contributed by atoms with van der Waals surface area (Å²) in [6.45, 7) is 17.8. The van der Waals surface area contributed by atoms with Crippen molar-refractivity contribution in [1.82, 2.24) is 0 Å². The van der Waals surface area contributed by atoms with Crippen molar-refractivity contribution < 1.29 is 12.6 Å². The number of hydrogen-bond donors (Lipinski definition) is 0. The fourth-order valence-electron chi connectivity index (χ4n) is 3.28. The Morgan fingerprint density at radius 3 is 1.81 bits per heavy atom. The van der Waals surface area contributed by atoms with E-state index in [0.29, 0.717) is 4.90 Å². The lowest BCUT2D eigenvalue weighted by Crippen LogP contribution is -2.29. The van der Waals surface area contributed by atoms with Gasteiger partial charge in [0.1, 0.15) is 4.90 Å². The van der Waals surface area contributed by atoms with E-state index in [9.17, 15) is 8.42 Å². The lowest BCUT2D eigenvalue weighted by molar-refractivity contribution is 0.139. The minimum absolute atomic E-state index is 0.196. The van der Waals surface area contributed by atoms with Crippen LogP contribution in [0.15, 0.2) is 35.2 Å². The Balaban J connectivity index is 3.08. The Labute approximate surface area is 158 Å². The van der Waals surface area contributed by atoms with Crippen molar-refractivity contribution >= 4 is 20.9 Å². The van der Waals surface area contributed by atoms with Crippen LogP contribution in [0, 0.1) is 0 Å². The van der Waals surface area contributed by atoms with Gasteiger partial charge in [0.05, 0.1) is 5.60 Å². The normalized spacial score (nSPS) is 14.0. The zero-order valence-corrected chi connectivity index (χ0v) is 18.3. The molecule has 0 aliphatic heterocycles. The number of rotatable bonds is 2. The second kappa shape index (κ2) is 6.35. The van der Waals surface area contributed by atoms with Crippen molar-refractivity contribution in [3.63, 3.8) is 0 Å². The first kappa shape index (κ1) is 20.9. The molecule has 2 aromatic rings. The summed E-state index contributed by atoms with van der Waals surface area (Å²) in [7, 11) is -3.94. The van der Waals surface area contributed by atoms with Crippen LogP contribution < -0.4 is 0 Å². The van der Waals surface area contributed by atoms with Crippen LogP contribution in [0.25, 0.3) is 10.8 Å². The molecule has 0 saturated carbocycles. The summed E-state index contributed by atoms with van der Waals surface area (Å²) in [4.78, 5) is 0.308. The molecule has 0 spiro atoms. The maximum atomic E-state index is 13.4. The van der Waals surface area contributed by atoms with Crippen molar-refractivity contribution in [2.75, 3.05) is 0 Å². The van der Waals surface area contributed by atoms with E-state index in [-0.39, 0.29) is 10.8 Å². The summed E-state index contributed by atoms with van der Waals surface area (Å²) < 4.78 is 32.4. The van der Waals surface area contributed by atoms with E-state index in [2.05, 4.69) is 47.6 Å². The van der Waals surface area contributed by atoms with Gasteiger partial charge in [0, 0.05) is 5.39 Å². The third kappa shape index (κ3) is 4.29. The highest BCUT2D eigenvalue weighted by Gasteiger charge is 2.36. The largest absolute Gasteiger partial charge is 0.298 e. The topological polar surface area (TPSA) is 43.4 Å². The molecule has 0 aliphatic rings. The van der Waals surface area contributed by atoms with Gasteiger partial charge in [-0.3, -0.25) is 4.18 Å². The molecule has 3 nitrogen and oxygen atoms in total. The molecule has 0 heterocycles. The van der Waals surface area contributed by atoms with E-state index in [1.807, 2.05) is 24.3 Å². The van der Waals surface area contributed by atoms with Crippen molar-refractivity contribution in [3.05, 3.63) is 41.5 Å². The summed E-state index contributed by atoms with van der Waals surface area (Å²) in [6, 6.07) is 9.78. The van der Waals surface area contributed by atoms with Crippen LogP contribution in [0.4, 0.5) is 0 Å². The smallest absolute Gasteiger partial charge is 0.261 e. The van der Waals surface area contributed by atoms with E-state index in [1.165, 1.54) is 0 Å². The standard InChI is InChI=1S/C22H32O3S/c1-20(2,3)17-14-15-12-10-11-13-16(15)19(18(17)21(4,5)6)26(23,24)25-22(7,8)9/h10-14H,1-9H3. The fraction of sp³-hybridized carbons (Fsp3) is 0.545. The fourth-order valence-corrected chi connectivity index (χ4v) is 5.14. The number of benzene rings is 2. The molecule has 0 atom stereocenters. The minimum atomic E-state index is -3.94. The van der Waals surface area contributed by atoms with Gasteiger partial charge in [0.25, 0.3) is 10.1 Å². The highest BCUT2D eigenvalue weighted by molar-refractivity contribution is 7.87. The molecule has 2 aromatic carbocycles. The van der Waals surface area contributed by atoms with Gasteiger partial charge < -0.3 is 0 Å². The van der Waals surface area contributed by atoms with Crippen LogP contribution >= 0.6 is 0 Å². The molecular weight excluding hydrogens is 344 g/mol. The van der Waals surface area contributed by atoms with Gasteiger partial charge in [-0.1, -0.05) is 71.9 Å². The predicted molar refractivity (Wildman–Crippen MR) is 109 cm³/mol. The van der Waals surface area contributed by atoms with Crippen LogP contribution in [-0.4, -0.2) is 14.0 Å². The van der Waals surface area contributed by atoms with Crippen molar-refractivity contribution in [2.45, 2.75) is 83.6 Å². The molecule has 0 radical (unpaired) electrons. The molecule has 26 heavy (non-hydrogen) atoms. The van der Waals surface area contributed by atoms with Gasteiger partial charge in [-0.05, 0) is 48.1 Å². The van der Waals surface area contributed by atoms with Gasteiger partial charge in [-0.2, -0.15) is 8.42 Å². The molecular formula is C22H32O3S. The highest BCUT2D eigenvalue weighted by atomic mass is 32.2. The predicted octanol–water partition coefficient (Wildman–Crippen LogP) is 5.94. The van der Waals surface area contributed by atoms with Crippen LogP contribution in [0.3, 0.4) is 0 Å². The molecule has 0 amide bonds. The molecule has 0 aliphatic carbocycles. The quantitative estimate of drug-likeness (QED) is 0.609.